The lowest BCUT2D eigenvalue weighted by Crippen LogP contribution is -2.30. The predicted octanol–water partition coefficient (Wildman–Crippen LogP) is 0.389. The van der Waals surface area contributed by atoms with Crippen LogP contribution in [0, 0.1) is 0 Å². The maximum atomic E-state index is 10.2. The van der Waals surface area contributed by atoms with Crippen LogP contribution < -0.4 is 5.32 Å². The lowest BCUT2D eigenvalue weighted by Gasteiger charge is -2.11. The number of rotatable bonds is 9. The molecule has 0 radical (unpaired) electrons. The minimum atomic E-state index is -4.37. The van der Waals surface area contributed by atoms with Gasteiger partial charge in [0.1, 0.15) is 0 Å². The fourth-order valence-electron chi connectivity index (χ4n) is 1.57. The molecular formula is C12H19NO5S. The molecule has 1 aromatic carbocycles. The summed E-state index contributed by atoms with van der Waals surface area (Å²) in [6, 6.07) is 9.84. The topological polar surface area (TPSA) is 95.9 Å². The smallest absolute Gasteiger partial charge is 0.392 e. The summed E-state index contributed by atoms with van der Waals surface area (Å²) in [5, 5.41) is 12.5. The monoisotopic (exact) mass is 289 g/mol. The van der Waals surface area contributed by atoms with Crippen LogP contribution in [-0.2, 0) is 21.0 Å². The van der Waals surface area contributed by atoms with Gasteiger partial charge in [-0.2, -0.15) is 8.42 Å². The van der Waals surface area contributed by atoms with Crippen molar-refractivity contribution in [3.8, 4) is 0 Å². The van der Waals surface area contributed by atoms with E-state index in [9.17, 15) is 13.5 Å². The Kier molecular flexibility index (Phi) is 6.96. The summed E-state index contributed by atoms with van der Waals surface area (Å²) in [6.07, 6.45) is 0.896. The Hall–Kier alpha value is -0.990. The maximum absolute atomic E-state index is 10.2. The first kappa shape index (κ1) is 16.1. The summed E-state index contributed by atoms with van der Waals surface area (Å²) in [5.74, 6) is 0. The number of nitrogens with one attached hydrogen (secondary N) is 1. The standard InChI is InChI=1S/C12H19NO5S/c14-12(7-6-11-4-2-1-3-5-11)10-13-8-9-18-19(15,16)17/h1-5,12-14H,6-10H2,(H,15,16,17). The highest BCUT2D eigenvalue weighted by molar-refractivity contribution is 7.80. The Morgan fingerprint density at radius 2 is 1.95 bits per heavy atom. The molecule has 0 spiro atoms. The van der Waals surface area contributed by atoms with Crippen LogP contribution in [0.15, 0.2) is 30.3 Å². The van der Waals surface area contributed by atoms with Gasteiger partial charge in [0.05, 0.1) is 12.7 Å². The van der Waals surface area contributed by atoms with E-state index in [-0.39, 0.29) is 13.2 Å². The Balaban J connectivity index is 2.07. The van der Waals surface area contributed by atoms with Gasteiger partial charge in [-0.3, -0.25) is 4.55 Å². The molecule has 1 aromatic rings. The van der Waals surface area contributed by atoms with Crippen LogP contribution in [0.2, 0.25) is 0 Å². The van der Waals surface area contributed by atoms with Gasteiger partial charge in [0.15, 0.2) is 0 Å². The first-order valence-electron chi connectivity index (χ1n) is 6.02. The highest BCUT2D eigenvalue weighted by atomic mass is 32.3. The van der Waals surface area contributed by atoms with Crippen molar-refractivity contribution in [2.45, 2.75) is 18.9 Å². The number of hydrogen-bond donors (Lipinski definition) is 3. The molecule has 0 bridgehead atoms. The number of aryl methyl sites for hydroxylation is 1. The van der Waals surface area contributed by atoms with Crippen molar-refractivity contribution in [2.75, 3.05) is 19.7 Å². The first-order chi connectivity index (χ1) is 8.97. The van der Waals surface area contributed by atoms with Crippen molar-refractivity contribution in [3.63, 3.8) is 0 Å². The van der Waals surface area contributed by atoms with Gasteiger partial charge in [0, 0.05) is 13.1 Å². The average Bonchev–Trinajstić information content (AvgIpc) is 2.36. The average molecular weight is 289 g/mol. The van der Waals surface area contributed by atoms with E-state index < -0.39 is 16.5 Å². The molecule has 0 saturated carbocycles. The molecule has 0 saturated heterocycles. The van der Waals surface area contributed by atoms with E-state index in [4.69, 9.17) is 4.55 Å². The minimum absolute atomic E-state index is 0.162. The van der Waals surface area contributed by atoms with Gasteiger partial charge in [-0.05, 0) is 18.4 Å². The molecule has 1 rings (SSSR count). The molecule has 0 heterocycles. The van der Waals surface area contributed by atoms with Crippen LogP contribution in [0.25, 0.3) is 0 Å². The summed E-state index contributed by atoms with van der Waals surface area (Å²) in [5.41, 5.74) is 1.16. The zero-order chi connectivity index (χ0) is 14.1. The van der Waals surface area contributed by atoms with Crippen LogP contribution in [0.1, 0.15) is 12.0 Å². The van der Waals surface area contributed by atoms with Crippen LogP contribution in [-0.4, -0.2) is 43.9 Å². The van der Waals surface area contributed by atoms with E-state index in [1.54, 1.807) is 0 Å². The zero-order valence-electron chi connectivity index (χ0n) is 10.5. The Bertz CT molecular complexity index is 448. The van der Waals surface area contributed by atoms with E-state index >= 15 is 0 Å². The van der Waals surface area contributed by atoms with Gasteiger partial charge in [-0.25, -0.2) is 4.18 Å². The molecule has 0 aliphatic heterocycles. The number of benzene rings is 1. The highest BCUT2D eigenvalue weighted by Crippen LogP contribution is 2.04. The van der Waals surface area contributed by atoms with Crippen LogP contribution in [0.3, 0.4) is 0 Å². The second kappa shape index (κ2) is 8.23. The summed E-state index contributed by atoms with van der Waals surface area (Å²) in [7, 11) is -4.37. The molecule has 108 valence electrons. The second-order valence-electron chi connectivity index (χ2n) is 4.13. The predicted molar refractivity (Wildman–Crippen MR) is 71.1 cm³/mol. The third kappa shape index (κ3) is 8.68. The lowest BCUT2D eigenvalue weighted by atomic mass is 10.1. The van der Waals surface area contributed by atoms with Crippen molar-refractivity contribution in [1.82, 2.24) is 5.32 Å². The third-order valence-corrected chi connectivity index (χ3v) is 2.96. The molecular weight excluding hydrogens is 270 g/mol. The molecule has 0 aliphatic carbocycles. The summed E-state index contributed by atoms with van der Waals surface area (Å²) < 4.78 is 32.9. The minimum Gasteiger partial charge on any atom is -0.392 e. The van der Waals surface area contributed by atoms with Gasteiger partial charge in [0.2, 0.25) is 0 Å². The lowest BCUT2D eigenvalue weighted by molar-refractivity contribution is 0.159. The normalized spacial score (nSPS) is 13.4. The maximum Gasteiger partial charge on any atom is 0.397 e. The SMILES string of the molecule is O=S(=O)(O)OCCNCC(O)CCc1ccccc1. The first-order valence-corrected chi connectivity index (χ1v) is 7.38. The Morgan fingerprint density at radius 1 is 1.26 bits per heavy atom. The Morgan fingerprint density at radius 3 is 2.58 bits per heavy atom. The summed E-state index contributed by atoms with van der Waals surface area (Å²) in [6.45, 7) is 0.425. The van der Waals surface area contributed by atoms with Crippen molar-refractivity contribution in [2.24, 2.45) is 0 Å². The van der Waals surface area contributed by atoms with Gasteiger partial charge in [0.25, 0.3) is 0 Å². The molecule has 0 amide bonds. The molecule has 0 aromatic heterocycles. The van der Waals surface area contributed by atoms with E-state index in [0.717, 1.165) is 12.0 Å². The van der Waals surface area contributed by atoms with E-state index in [2.05, 4.69) is 9.50 Å². The molecule has 1 unspecified atom stereocenters. The van der Waals surface area contributed by atoms with Gasteiger partial charge in [-0.1, -0.05) is 30.3 Å². The van der Waals surface area contributed by atoms with Crippen molar-refractivity contribution >= 4 is 10.4 Å². The fourth-order valence-corrected chi connectivity index (χ4v) is 1.86. The fraction of sp³-hybridized carbons (Fsp3) is 0.500. The van der Waals surface area contributed by atoms with E-state index in [1.807, 2.05) is 30.3 Å². The molecule has 19 heavy (non-hydrogen) atoms. The Labute approximate surface area is 113 Å². The van der Waals surface area contributed by atoms with Crippen molar-refractivity contribution in [3.05, 3.63) is 35.9 Å². The quantitative estimate of drug-likeness (QED) is 0.449. The summed E-state index contributed by atoms with van der Waals surface area (Å²) >= 11 is 0. The number of hydrogen-bond acceptors (Lipinski definition) is 5. The summed E-state index contributed by atoms with van der Waals surface area (Å²) in [4.78, 5) is 0. The van der Waals surface area contributed by atoms with Crippen LogP contribution in [0.5, 0.6) is 0 Å². The van der Waals surface area contributed by atoms with E-state index in [0.29, 0.717) is 13.0 Å². The van der Waals surface area contributed by atoms with Gasteiger partial charge >= 0.3 is 10.4 Å². The van der Waals surface area contributed by atoms with Crippen molar-refractivity contribution in [1.29, 1.82) is 0 Å². The van der Waals surface area contributed by atoms with Crippen molar-refractivity contribution < 1.29 is 22.3 Å². The highest BCUT2D eigenvalue weighted by Gasteiger charge is 2.06. The molecule has 0 aliphatic rings. The van der Waals surface area contributed by atoms with Gasteiger partial charge in [-0.15, -0.1) is 0 Å². The zero-order valence-corrected chi connectivity index (χ0v) is 11.3. The van der Waals surface area contributed by atoms with Crippen LogP contribution in [0.4, 0.5) is 0 Å². The third-order valence-electron chi connectivity index (χ3n) is 2.50. The molecule has 3 N–H and O–H groups in total. The van der Waals surface area contributed by atoms with Gasteiger partial charge < -0.3 is 10.4 Å². The van der Waals surface area contributed by atoms with Crippen LogP contribution >= 0.6 is 0 Å². The molecule has 7 heteroatoms. The number of aliphatic hydroxyl groups is 1. The molecule has 1 atom stereocenters. The largest absolute Gasteiger partial charge is 0.397 e. The second-order valence-corrected chi connectivity index (χ2v) is 5.22. The molecule has 0 fully saturated rings. The number of aliphatic hydroxyl groups excluding tert-OH is 1. The van der Waals surface area contributed by atoms with E-state index in [1.165, 1.54) is 0 Å². The molecule has 6 nitrogen and oxygen atoms in total.